The number of nitrogens with zero attached hydrogens (tertiary/aromatic N) is 2. The smallest absolute Gasteiger partial charge is 0.490 e. The Morgan fingerprint density at radius 2 is 1.57 bits per heavy atom. The number of hydrogen-bond acceptors (Lipinski definition) is 9. The molecule has 3 aromatic rings. The second-order valence-electron chi connectivity index (χ2n) is 9.61. The van der Waals surface area contributed by atoms with Gasteiger partial charge < -0.3 is 40.7 Å². The second kappa shape index (κ2) is 17.7. The van der Waals surface area contributed by atoms with Crippen LogP contribution in [0.25, 0.3) is 10.9 Å². The van der Waals surface area contributed by atoms with Crippen LogP contribution < -0.4 is 20.5 Å². The number of carbonyl (C=O) groups excluding carboxylic acids is 1. The number of primary amides is 1. The molecule has 0 spiro atoms. The number of amides is 1. The minimum Gasteiger partial charge on any atom is -0.493 e. The first-order valence-electron chi connectivity index (χ1n) is 13.5. The molecule has 12 nitrogen and oxygen atoms in total. The van der Waals surface area contributed by atoms with Crippen molar-refractivity contribution in [3.8, 4) is 11.6 Å². The summed E-state index contributed by atoms with van der Waals surface area (Å²) in [4.78, 5) is 36.8. The van der Waals surface area contributed by atoms with Crippen molar-refractivity contribution in [2.45, 2.75) is 38.7 Å². The number of aliphatic carboxylic acids is 2. The summed E-state index contributed by atoms with van der Waals surface area (Å²) in [5, 5.41) is 28.1. The maximum Gasteiger partial charge on any atom is 0.490 e. The molecular formula is C29H34F6N4O8. The first-order chi connectivity index (χ1) is 21.8. The van der Waals surface area contributed by atoms with E-state index in [-0.39, 0.29) is 18.1 Å². The lowest BCUT2D eigenvalue weighted by molar-refractivity contribution is -0.193. The van der Waals surface area contributed by atoms with Gasteiger partial charge >= 0.3 is 24.3 Å². The first-order valence-corrected chi connectivity index (χ1v) is 13.5. The van der Waals surface area contributed by atoms with E-state index in [9.17, 15) is 36.2 Å². The number of alkyl halides is 6. The molecule has 1 aromatic heterocycles. The van der Waals surface area contributed by atoms with E-state index in [0.717, 1.165) is 29.8 Å². The highest BCUT2D eigenvalue weighted by molar-refractivity contribution is 6.09. The van der Waals surface area contributed by atoms with Gasteiger partial charge in [-0.05, 0) is 56.3 Å². The number of fused-ring (bicyclic) bond motifs is 1. The maximum atomic E-state index is 12.4. The molecule has 2 aromatic carbocycles. The number of carboxylic acids is 2. The van der Waals surface area contributed by atoms with Crippen LogP contribution in [0.5, 0.6) is 11.6 Å². The number of nitrogens with two attached hydrogens (primary N) is 1. The molecule has 0 saturated heterocycles. The molecule has 0 fully saturated rings. The monoisotopic (exact) mass is 680 g/mol. The zero-order valence-electron chi connectivity index (χ0n) is 25.6. The van der Waals surface area contributed by atoms with E-state index in [1.165, 1.54) is 7.11 Å². The van der Waals surface area contributed by atoms with Crippen molar-refractivity contribution < 1.29 is 65.5 Å². The number of nitrogens with one attached hydrogen (secondary N) is 1. The number of methoxy groups -OCH3 is 1. The van der Waals surface area contributed by atoms with Crippen LogP contribution in [-0.2, 0) is 22.6 Å². The third-order valence-corrected chi connectivity index (χ3v) is 5.92. The highest BCUT2D eigenvalue weighted by Crippen LogP contribution is 2.37. The largest absolute Gasteiger partial charge is 0.493 e. The van der Waals surface area contributed by atoms with Crippen LogP contribution >= 0.6 is 0 Å². The summed E-state index contributed by atoms with van der Waals surface area (Å²) in [7, 11) is 5.50. The van der Waals surface area contributed by atoms with Crippen molar-refractivity contribution in [1.29, 1.82) is 0 Å². The van der Waals surface area contributed by atoms with Gasteiger partial charge in [0.2, 0.25) is 5.88 Å². The van der Waals surface area contributed by atoms with Gasteiger partial charge in [-0.2, -0.15) is 26.3 Å². The fraction of sp³-hybridized carbons (Fsp3) is 0.379. The van der Waals surface area contributed by atoms with Crippen molar-refractivity contribution in [3.63, 3.8) is 0 Å². The summed E-state index contributed by atoms with van der Waals surface area (Å²) in [5.74, 6) is -5.34. The van der Waals surface area contributed by atoms with Gasteiger partial charge in [0.15, 0.2) is 0 Å². The van der Waals surface area contributed by atoms with Crippen LogP contribution in [0.4, 0.5) is 37.7 Å². The lowest BCUT2D eigenvalue weighted by Gasteiger charge is -2.19. The van der Waals surface area contributed by atoms with Crippen molar-refractivity contribution in [3.05, 3.63) is 53.1 Å². The van der Waals surface area contributed by atoms with Gasteiger partial charge in [0.1, 0.15) is 11.3 Å². The Morgan fingerprint density at radius 1 is 1.00 bits per heavy atom. The van der Waals surface area contributed by atoms with E-state index in [1.54, 1.807) is 0 Å². The molecule has 18 heteroatoms. The van der Waals surface area contributed by atoms with E-state index in [1.807, 2.05) is 57.4 Å². The normalized spacial score (nSPS) is 11.1. The Morgan fingerprint density at radius 3 is 2.02 bits per heavy atom. The summed E-state index contributed by atoms with van der Waals surface area (Å²) in [5.41, 5.74) is 9.58. The van der Waals surface area contributed by atoms with Gasteiger partial charge in [0, 0.05) is 23.7 Å². The highest BCUT2D eigenvalue weighted by atomic mass is 19.4. The molecule has 0 aliphatic rings. The molecule has 0 saturated carbocycles. The average molecular weight is 681 g/mol. The number of aliphatic hydroxyl groups excluding tert-OH is 1. The summed E-state index contributed by atoms with van der Waals surface area (Å²) in [6, 6.07) is 11.2. The van der Waals surface area contributed by atoms with E-state index in [4.69, 9.17) is 35.0 Å². The minimum atomic E-state index is -5.08. The minimum absolute atomic E-state index is 0.0731. The molecule has 0 bridgehead atoms. The van der Waals surface area contributed by atoms with Crippen molar-refractivity contribution in [2.75, 3.05) is 39.7 Å². The molecule has 0 radical (unpaired) electrons. The number of benzene rings is 2. The number of aromatic nitrogens is 1. The van der Waals surface area contributed by atoms with Gasteiger partial charge in [0.25, 0.3) is 5.91 Å². The Hall–Kier alpha value is -4.84. The molecule has 3 rings (SSSR count). The number of anilines is 2. The van der Waals surface area contributed by atoms with Crippen LogP contribution in [-0.4, -0.2) is 89.8 Å². The van der Waals surface area contributed by atoms with E-state index in [2.05, 4.69) is 15.2 Å². The zero-order chi connectivity index (χ0) is 36.1. The van der Waals surface area contributed by atoms with Gasteiger partial charge in [-0.25, -0.2) is 14.6 Å². The molecule has 0 aliphatic heterocycles. The predicted molar refractivity (Wildman–Crippen MR) is 158 cm³/mol. The molecular weight excluding hydrogens is 646 g/mol. The quantitative estimate of drug-likeness (QED) is 0.139. The number of carbonyl (C=O) groups is 3. The Kier molecular flexibility index (Phi) is 15.2. The molecule has 1 amide bonds. The molecule has 260 valence electrons. The number of hydrogen-bond donors (Lipinski definition) is 5. The fourth-order valence-electron chi connectivity index (χ4n) is 3.84. The maximum absolute atomic E-state index is 12.4. The van der Waals surface area contributed by atoms with Crippen molar-refractivity contribution in [2.24, 2.45) is 5.73 Å². The molecule has 0 unspecified atom stereocenters. The third kappa shape index (κ3) is 12.5. The second-order valence-corrected chi connectivity index (χ2v) is 9.61. The lowest BCUT2D eigenvalue weighted by atomic mass is 10.0. The fourth-order valence-corrected chi connectivity index (χ4v) is 3.84. The standard InChI is InChI=1S/C25H32N4O4.2C2HF3O2/c1-5-18-16(15-30)8-6-9-20(18)27-23-19-11-10-17(33-13-7-12-29(2)3)14-21(19)28-25(32-4)22(23)24(26)31;2*3-2(4,5)1(6)7/h6,8-11,14,30H,5,7,12-13,15H2,1-4H3,(H2,26,31)(H,27,28);2*(H,6,7). The number of aliphatic hydroxyl groups is 1. The number of halogens is 6. The summed E-state index contributed by atoms with van der Waals surface area (Å²) >= 11 is 0. The molecule has 1 heterocycles. The molecule has 0 atom stereocenters. The average Bonchev–Trinajstić information content (AvgIpc) is 2.98. The van der Waals surface area contributed by atoms with E-state index < -0.39 is 30.2 Å². The van der Waals surface area contributed by atoms with Gasteiger partial charge in [-0.3, -0.25) is 4.79 Å². The van der Waals surface area contributed by atoms with Crippen molar-refractivity contribution in [1.82, 2.24) is 9.88 Å². The SMILES string of the molecule is CCc1c(CO)cccc1Nc1c(C(N)=O)c(OC)nc2cc(OCCCN(C)C)ccc12.O=C(O)C(F)(F)F.O=C(O)C(F)(F)F. The summed E-state index contributed by atoms with van der Waals surface area (Å²) < 4.78 is 74.8. The molecule has 0 aliphatic carbocycles. The van der Waals surface area contributed by atoms with Crippen LogP contribution in [0.2, 0.25) is 0 Å². The number of ether oxygens (including phenoxy) is 2. The first kappa shape index (κ1) is 40.2. The summed E-state index contributed by atoms with van der Waals surface area (Å²) in [6.45, 7) is 3.46. The molecule has 47 heavy (non-hydrogen) atoms. The number of pyridine rings is 1. The predicted octanol–water partition coefficient (Wildman–Crippen LogP) is 4.74. The number of rotatable bonds is 11. The van der Waals surface area contributed by atoms with Gasteiger partial charge in [-0.1, -0.05) is 19.1 Å². The van der Waals surface area contributed by atoms with Gasteiger partial charge in [-0.15, -0.1) is 0 Å². The topological polar surface area (TPSA) is 185 Å². The van der Waals surface area contributed by atoms with E-state index >= 15 is 0 Å². The van der Waals surface area contributed by atoms with Crippen LogP contribution in [0.15, 0.2) is 36.4 Å². The van der Waals surface area contributed by atoms with E-state index in [0.29, 0.717) is 35.4 Å². The van der Waals surface area contributed by atoms with Crippen LogP contribution in [0.1, 0.15) is 34.8 Å². The zero-order valence-corrected chi connectivity index (χ0v) is 25.6. The third-order valence-electron chi connectivity index (χ3n) is 5.92. The Labute approximate surface area is 264 Å². The van der Waals surface area contributed by atoms with Crippen molar-refractivity contribution >= 4 is 40.1 Å². The summed E-state index contributed by atoms with van der Waals surface area (Å²) in [6.07, 6.45) is -8.56. The van der Waals surface area contributed by atoms with Crippen LogP contribution in [0.3, 0.4) is 0 Å². The Bertz CT molecular complexity index is 1510. The lowest BCUT2D eigenvalue weighted by Crippen LogP contribution is -2.21. The molecule has 6 N–H and O–H groups in total. The number of carboxylic acid groups (broad SMARTS) is 2. The van der Waals surface area contributed by atoms with Crippen LogP contribution in [0, 0.1) is 0 Å². The Balaban J connectivity index is 0.000000658. The van der Waals surface area contributed by atoms with Gasteiger partial charge in [0.05, 0.1) is 31.5 Å². The highest BCUT2D eigenvalue weighted by Gasteiger charge is 2.38.